The monoisotopic (exact) mass is 400 g/mol. The zero-order valence-corrected chi connectivity index (χ0v) is 16.8. The fourth-order valence-corrected chi connectivity index (χ4v) is 4.56. The maximum Gasteiger partial charge on any atom is 0.225 e. The van der Waals surface area contributed by atoms with Gasteiger partial charge in [0.15, 0.2) is 0 Å². The van der Waals surface area contributed by atoms with Gasteiger partial charge < -0.3 is 10.1 Å². The van der Waals surface area contributed by atoms with Gasteiger partial charge in [-0.2, -0.15) is 5.26 Å². The van der Waals surface area contributed by atoms with Crippen LogP contribution in [0.2, 0.25) is 0 Å². The number of allylic oxidation sites excluding steroid dienone is 1. The SMILES string of the molecule is COc1ccc([C@H]2CC(=O)NC(SCc3ccc4ccccc4c3)=C2C#N)cc1. The van der Waals surface area contributed by atoms with E-state index in [1.54, 1.807) is 7.11 Å². The van der Waals surface area contributed by atoms with Crippen molar-refractivity contribution in [2.24, 2.45) is 0 Å². The average Bonchev–Trinajstić information content (AvgIpc) is 2.77. The third kappa shape index (κ3) is 4.13. The zero-order chi connectivity index (χ0) is 20.2. The predicted octanol–water partition coefficient (Wildman–Crippen LogP) is 5.12. The molecular weight excluding hydrogens is 380 g/mol. The number of nitrogens with zero attached hydrogens (tertiary/aromatic N) is 1. The van der Waals surface area contributed by atoms with E-state index in [1.807, 2.05) is 36.4 Å². The second-order valence-corrected chi connectivity index (χ2v) is 7.89. The van der Waals surface area contributed by atoms with Crippen molar-refractivity contribution >= 4 is 28.4 Å². The van der Waals surface area contributed by atoms with Crippen molar-refractivity contribution in [3.05, 3.63) is 88.5 Å². The fourth-order valence-electron chi connectivity index (χ4n) is 3.54. The highest BCUT2D eigenvalue weighted by Gasteiger charge is 2.29. The summed E-state index contributed by atoms with van der Waals surface area (Å²) in [6, 6.07) is 24.5. The molecule has 0 saturated heterocycles. The second-order valence-electron chi connectivity index (χ2n) is 6.90. The minimum atomic E-state index is -0.237. The third-order valence-corrected chi connectivity index (χ3v) is 6.16. The highest BCUT2D eigenvalue weighted by molar-refractivity contribution is 8.02. The van der Waals surface area contributed by atoms with Gasteiger partial charge in [0.25, 0.3) is 0 Å². The molecule has 0 aliphatic carbocycles. The van der Waals surface area contributed by atoms with Gasteiger partial charge >= 0.3 is 0 Å². The second kappa shape index (κ2) is 8.42. The van der Waals surface area contributed by atoms with Crippen LogP contribution in [0.1, 0.15) is 23.5 Å². The van der Waals surface area contributed by atoms with Gasteiger partial charge in [-0.3, -0.25) is 4.79 Å². The Labute approximate surface area is 174 Å². The molecule has 1 aliphatic rings. The molecule has 1 amide bonds. The molecule has 0 unspecified atom stereocenters. The van der Waals surface area contributed by atoms with Gasteiger partial charge in [0.2, 0.25) is 5.91 Å². The number of amides is 1. The molecule has 1 heterocycles. The van der Waals surface area contributed by atoms with E-state index in [2.05, 4.69) is 41.7 Å². The van der Waals surface area contributed by atoms with E-state index in [9.17, 15) is 10.1 Å². The van der Waals surface area contributed by atoms with Crippen LogP contribution in [0, 0.1) is 11.3 Å². The smallest absolute Gasteiger partial charge is 0.225 e. The molecule has 1 aliphatic heterocycles. The number of hydrogen-bond acceptors (Lipinski definition) is 4. The number of ether oxygens (including phenoxy) is 1. The molecule has 1 atom stereocenters. The van der Waals surface area contributed by atoms with E-state index in [-0.39, 0.29) is 18.2 Å². The minimum Gasteiger partial charge on any atom is -0.497 e. The van der Waals surface area contributed by atoms with E-state index in [1.165, 1.54) is 22.5 Å². The van der Waals surface area contributed by atoms with Gasteiger partial charge in [0.1, 0.15) is 5.75 Å². The van der Waals surface area contributed by atoms with Crippen molar-refractivity contribution in [3.8, 4) is 11.8 Å². The Morgan fingerprint density at radius 3 is 2.59 bits per heavy atom. The Morgan fingerprint density at radius 1 is 1.10 bits per heavy atom. The Balaban J connectivity index is 1.59. The Bertz CT molecular complexity index is 1130. The number of carbonyl (C=O) groups excluding carboxylic acids is 1. The summed E-state index contributed by atoms with van der Waals surface area (Å²) in [5.74, 6) is 1.13. The lowest BCUT2D eigenvalue weighted by atomic mass is 9.87. The number of hydrogen-bond donors (Lipinski definition) is 1. The van der Waals surface area contributed by atoms with Gasteiger partial charge in [0, 0.05) is 18.1 Å². The molecule has 0 saturated carbocycles. The van der Waals surface area contributed by atoms with Crippen LogP contribution in [0.15, 0.2) is 77.3 Å². The van der Waals surface area contributed by atoms with Crippen LogP contribution in [0.5, 0.6) is 5.75 Å². The first kappa shape index (κ1) is 19.1. The van der Waals surface area contributed by atoms with Crippen LogP contribution < -0.4 is 10.1 Å². The number of nitrogens with one attached hydrogen (secondary N) is 1. The molecule has 0 bridgehead atoms. The molecule has 3 aromatic carbocycles. The van der Waals surface area contributed by atoms with Gasteiger partial charge in [-0.1, -0.05) is 54.6 Å². The standard InChI is InChI=1S/C24H20N2O2S/c1-28-20-10-8-18(9-11-20)21-13-23(27)26-24(22(21)14-25)29-15-16-6-7-17-4-2-3-5-19(17)12-16/h2-12,21H,13,15H2,1H3,(H,26,27)/t21-/m1/s1. The highest BCUT2D eigenvalue weighted by atomic mass is 32.2. The van der Waals surface area contributed by atoms with E-state index in [0.29, 0.717) is 16.4 Å². The van der Waals surface area contributed by atoms with E-state index >= 15 is 0 Å². The molecule has 5 heteroatoms. The predicted molar refractivity (Wildman–Crippen MR) is 116 cm³/mol. The molecule has 4 nitrogen and oxygen atoms in total. The molecule has 144 valence electrons. The lowest BCUT2D eigenvalue weighted by Crippen LogP contribution is -2.30. The first-order valence-corrected chi connectivity index (χ1v) is 10.3. The lowest BCUT2D eigenvalue weighted by molar-refractivity contribution is -0.120. The van der Waals surface area contributed by atoms with Crippen LogP contribution >= 0.6 is 11.8 Å². The average molecular weight is 401 g/mol. The number of nitriles is 1. The number of methoxy groups -OCH3 is 1. The Morgan fingerprint density at radius 2 is 1.86 bits per heavy atom. The molecule has 0 fully saturated rings. The fraction of sp³-hybridized carbons (Fsp3) is 0.167. The number of fused-ring (bicyclic) bond motifs is 1. The van der Waals surface area contributed by atoms with E-state index in [4.69, 9.17) is 4.74 Å². The molecular formula is C24H20N2O2S. The maximum absolute atomic E-state index is 12.3. The topological polar surface area (TPSA) is 62.1 Å². The molecule has 3 aromatic rings. The summed E-state index contributed by atoms with van der Waals surface area (Å²) in [4.78, 5) is 12.3. The Hall–Kier alpha value is -3.23. The van der Waals surface area contributed by atoms with E-state index < -0.39 is 0 Å². The minimum absolute atomic E-state index is 0.0640. The third-order valence-electron chi connectivity index (χ3n) is 5.07. The number of thioether (sulfide) groups is 1. The summed E-state index contributed by atoms with van der Waals surface area (Å²) in [6.07, 6.45) is 0.273. The van der Waals surface area contributed by atoms with Crippen molar-refractivity contribution in [3.63, 3.8) is 0 Å². The van der Waals surface area contributed by atoms with E-state index in [0.717, 1.165) is 16.9 Å². The summed E-state index contributed by atoms with van der Waals surface area (Å²) < 4.78 is 5.21. The molecule has 1 N–H and O–H groups in total. The first-order chi connectivity index (χ1) is 14.2. The Kier molecular flexibility index (Phi) is 5.55. The first-order valence-electron chi connectivity index (χ1n) is 9.36. The number of benzene rings is 3. The quantitative estimate of drug-likeness (QED) is 0.646. The van der Waals surface area contributed by atoms with Crippen molar-refractivity contribution < 1.29 is 9.53 Å². The maximum atomic E-state index is 12.3. The summed E-state index contributed by atoms with van der Waals surface area (Å²) in [5, 5.41) is 15.8. The van der Waals surface area contributed by atoms with Crippen LogP contribution in [-0.2, 0) is 10.5 Å². The van der Waals surface area contributed by atoms with Crippen molar-refractivity contribution in [2.75, 3.05) is 7.11 Å². The largest absolute Gasteiger partial charge is 0.497 e. The normalized spacial score (nSPS) is 16.4. The molecule has 0 aromatic heterocycles. The molecule has 0 radical (unpaired) electrons. The molecule has 4 rings (SSSR count). The van der Waals surface area contributed by atoms with Crippen LogP contribution in [0.3, 0.4) is 0 Å². The number of carbonyl (C=O) groups is 1. The zero-order valence-electron chi connectivity index (χ0n) is 16.0. The van der Waals surface area contributed by atoms with Crippen LogP contribution in [0.25, 0.3) is 10.8 Å². The molecule has 29 heavy (non-hydrogen) atoms. The van der Waals surface area contributed by atoms with Gasteiger partial charge in [-0.25, -0.2) is 0 Å². The van der Waals surface area contributed by atoms with Crippen molar-refractivity contribution in [1.82, 2.24) is 5.32 Å². The van der Waals surface area contributed by atoms with Gasteiger partial charge in [-0.15, -0.1) is 11.8 Å². The van der Waals surface area contributed by atoms with Crippen molar-refractivity contribution in [2.45, 2.75) is 18.1 Å². The summed E-state index contributed by atoms with van der Waals surface area (Å²) in [6.45, 7) is 0. The van der Waals surface area contributed by atoms with Crippen LogP contribution in [0.4, 0.5) is 0 Å². The summed E-state index contributed by atoms with van der Waals surface area (Å²) in [5.41, 5.74) is 2.71. The highest BCUT2D eigenvalue weighted by Crippen LogP contribution is 2.37. The summed E-state index contributed by atoms with van der Waals surface area (Å²) in [7, 11) is 1.62. The lowest BCUT2D eigenvalue weighted by Gasteiger charge is -2.25. The molecule has 0 spiro atoms. The van der Waals surface area contributed by atoms with Gasteiger partial charge in [0.05, 0.1) is 23.8 Å². The summed E-state index contributed by atoms with van der Waals surface area (Å²) >= 11 is 1.50. The van der Waals surface area contributed by atoms with Crippen molar-refractivity contribution in [1.29, 1.82) is 5.26 Å². The van der Waals surface area contributed by atoms with Gasteiger partial charge in [-0.05, 0) is 34.0 Å². The van der Waals surface area contributed by atoms with Crippen LogP contribution in [-0.4, -0.2) is 13.0 Å². The number of rotatable bonds is 5.